The Balaban J connectivity index is 1.27. The number of thiophene rings is 1. The molecule has 7 nitrogen and oxygen atoms in total. The van der Waals surface area contributed by atoms with Gasteiger partial charge < -0.3 is 15.6 Å². The Morgan fingerprint density at radius 3 is 2.68 bits per heavy atom. The highest BCUT2D eigenvalue weighted by Crippen LogP contribution is 2.29. The van der Waals surface area contributed by atoms with E-state index in [1.54, 1.807) is 6.07 Å². The van der Waals surface area contributed by atoms with E-state index in [1.165, 1.54) is 29.5 Å². The first-order valence-corrected chi connectivity index (χ1v) is 10.6. The number of anilines is 1. The van der Waals surface area contributed by atoms with Gasteiger partial charge in [0.25, 0.3) is 5.91 Å². The number of carbonyl (C=O) groups excluding carboxylic acids is 2. The molecule has 3 aromatic rings. The highest BCUT2D eigenvalue weighted by molar-refractivity contribution is 7.12. The Bertz CT molecular complexity index is 1070. The number of halogens is 3. The maximum atomic E-state index is 12.8. The number of likely N-dealkylation sites (tertiary alicyclic amines) is 1. The Morgan fingerprint density at radius 2 is 2.00 bits per heavy atom. The minimum absolute atomic E-state index is 0.0690. The van der Waals surface area contributed by atoms with E-state index in [-0.39, 0.29) is 35.4 Å². The van der Waals surface area contributed by atoms with Gasteiger partial charge in [-0.2, -0.15) is 13.2 Å². The molecule has 3 N–H and O–H groups in total. The van der Waals surface area contributed by atoms with Gasteiger partial charge in [-0.3, -0.25) is 14.5 Å². The molecule has 0 unspecified atom stereocenters. The van der Waals surface area contributed by atoms with Gasteiger partial charge in [-0.05, 0) is 42.5 Å². The monoisotopic (exact) mass is 451 g/mol. The quantitative estimate of drug-likeness (QED) is 0.554. The third kappa shape index (κ3) is 5.23. The zero-order valence-corrected chi connectivity index (χ0v) is 17.1. The van der Waals surface area contributed by atoms with Crippen LogP contribution in [0.15, 0.2) is 35.7 Å². The fourth-order valence-electron chi connectivity index (χ4n) is 3.52. The van der Waals surface area contributed by atoms with E-state index in [4.69, 9.17) is 0 Å². The summed E-state index contributed by atoms with van der Waals surface area (Å²) < 4.78 is 38.3. The molecule has 0 aliphatic carbocycles. The molecule has 1 aliphatic rings. The number of H-pyrrole nitrogens is 1. The van der Waals surface area contributed by atoms with Gasteiger partial charge in [0.05, 0.1) is 22.5 Å². The third-order valence-electron chi connectivity index (χ3n) is 5.07. The molecular weight excluding hydrogens is 431 g/mol. The molecule has 0 spiro atoms. The lowest BCUT2D eigenvalue weighted by atomic mass is 10.0. The normalized spacial score (nSPS) is 15.8. The number of carbonyl (C=O) groups is 2. The van der Waals surface area contributed by atoms with Crippen molar-refractivity contribution in [2.24, 2.45) is 0 Å². The number of fused-ring (bicyclic) bond motifs is 1. The van der Waals surface area contributed by atoms with Crippen LogP contribution in [0.2, 0.25) is 0 Å². The average molecular weight is 451 g/mol. The summed E-state index contributed by atoms with van der Waals surface area (Å²) in [7, 11) is 0. The summed E-state index contributed by atoms with van der Waals surface area (Å²) in [5, 5.41) is 7.59. The van der Waals surface area contributed by atoms with Crippen molar-refractivity contribution < 1.29 is 22.8 Å². The molecule has 0 atom stereocenters. The highest BCUT2D eigenvalue weighted by atomic mass is 32.1. The average Bonchev–Trinajstić information content (AvgIpc) is 3.38. The maximum Gasteiger partial charge on any atom is 0.449 e. The minimum Gasteiger partial charge on any atom is -0.349 e. The topological polar surface area (TPSA) is 90.1 Å². The number of nitrogens with one attached hydrogen (secondary N) is 3. The first-order chi connectivity index (χ1) is 14.8. The highest BCUT2D eigenvalue weighted by Gasteiger charge is 2.34. The summed E-state index contributed by atoms with van der Waals surface area (Å²) in [5.41, 5.74) is 0.775. The Kier molecular flexibility index (Phi) is 5.96. The van der Waals surface area contributed by atoms with E-state index in [9.17, 15) is 22.8 Å². The summed E-state index contributed by atoms with van der Waals surface area (Å²) in [6.07, 6.45) is -3.08. The van der Waals surface area contributed by atoms with Gasteiger partial charge in [-0.25, -0.2) is 4.98 Å². The number of piperidine rings is 1. The molecule has 1 aromatic carbocycles. The number of alkyl halides is 3. The second-order valence-electron chi connectivity index (χ2n) is 7.36. The molecule has 2 aromatic heterocycles. The van der Waals surface area contributed by atoms with E-state index in [1.807, 2.05) is 16.3 Å². The molecule has 0 radical (unpaired) electrons. The van der Waals surface area contributed by atoms with Crippen LogP contribution in [0.4, 0.5) is 18.9 Å². The van der Waals surface area contributed by atoms with Crippen molar-refractivity contribution in [3.63, 3.8) is 0 Å². The summed E-state index contributed by atoms with van der Waals surface area (Å²) in [5.74, 6) is -1.40. The van der Waals surface area contributed by atoms with Crippen LogP contribution in [0.3, 0.4) is 0 Å². The van der Waals surface area contributed by atoms with E-state index < -0.39 is 12.0 Å². The van der Waals surface area contributed by atoms with Crippen LogP contribution in [0.1, 0.15) is 28.3 Å². The van der Waals surface area contributed by atoms with Gasteiger partial charge >= 0.3 is 6.18 Å². The third-order valence-corrected chi connectivity index (χ3v) is 5.94. The zero-order valence-electron chi connectivity index (χ0n) is 16.3. The van der Waals surface area contributed by atoms with Crippen LogP contribution in [0.25, 0.3) is 11.0 Å². The van der Waals surface area contributed by atoms with Crippen LogP contribution in [0, 0.1) is 0 Å². The van der Waals surface area contributed by atoms with Crippen molar-refractivity contribution in [1.29, 1.82) is 0 Å². The molecule has 0 saturated carbocycles. The number of aromatic amines is 1. The molecule has 0 bridgehead atoms. The zero-order chi connectivity index (χ0) is 22.0. The van der Waals surface area contributed by atoms with Gasteiger partial charge in [0.1, 0.15) is 0 Å². The number of imidazole rings is 1. The lowest BCUT2D eigenvalue weighted by Crippen LogP contribution is -2.46. The number of hydrogen-bond acceptors (Lipinski definition) is 5. The summed E-state index contributed by atoms with van der Waals surface area (Å²) in [6, 6.07) is 8.07. The molecule has 2 amide bonds. The van der Waals surface area contributed by atoms with Crippen molar-refractivity contribution in [3.05, 3.63) is 46.4 Å². The fraction of sp³-hybridized carbons (Fsp3) is 0.350. The van der Waals surface area contributed by atoms with Crippen molar-refractivity contribution in [1.82, 2.24) is 20.2 Å². The predicted octanol–water partition coefficient (Wildman–Crippen LogP) is 3.48. The molecule has 1 fully saturated rings. The number of benzene rings is 1. The number of aromatic nitrogens is 2. The number of nitrogens with zero attached hydrogens (tertiary/aromatic N) is 2. The van der Waals surface area contributed by atoms with Crippen molar-refractivity contribution >= 4 is 39.9 Å². The molecule has 1 saturated heterocycles. The van der Waals surface area contributed by atoms with Gasteiger partial charge in [0.2, 0.25) is 11.7 Å². The van der Waals surface area contributed by atoms with E-state index in [2.05, 4.69) is 20.6 Å². The molecule has 1 aliphatic heterocycles. The van der Waals surface area contributed by atoms with Gasteiger partial charge in [0.15, 0.2) is 0 Å². The van der Waals surface area contributed by atoms with Gasteiger partial charge in [-0.15, -0.1) is 11.3 Å². The Labute approximate surface area is 179 Å². The van der Waals surface area contributed by atoms with Crippen LogP contribution < -0.4 is 10.6 Å². The summed E-state index contributed by atoms with van der Waals surface area (Å²) in [4.78, 5) is 32.9. The summed E-state index contributed by atoms with van der Waals surface area (Å²) >= 11 is 1.40. The Morgan fingerprint density at radius 1 is 1.23 bits per heavy atom. The second-order valence-corrected chi connectivity index (χ2v) is 8.31. The first kappa shape index (κ1) is 21.3. The number of amides is 2. The molecular formula is C20H20F3N5O2S. The molecule has 164 valence electrons. The van der Waals surface area contributed by atoms with Crippen molar-refractivity contribution in [2.75, 3.05) is 25.0 Å². The maximum absolute atomic E-state index is 12.8. The van der Waals surface area contributed by atoms with E-state index in [0.29, 0.717) is 23.7 Å². The van der Waals surface area contributed by atoms with E-state index in [0.717, 1.165) is 12.8 Å². The van der Waals surface area contributed by atoms with Gasteiger partial charge in [0, 0.05) is 24.8 Å². The SMILES string of the molecule is O=C(CN1CCC(NC(=O)c2cccs2)CC1)Nc1ccc2nc(C(F)(F)F)[nH]c2c1. The van der Waals surface area contributed by atoms with Crippen LogP contribution in [-0.4, -0.2) is 52.4 Å². The summed E-state index contributed by atoms with van der Waals surface area (Å²) in [6.45, 7) is 1.50. The minimum atomic E-state index is -4.56. The first-order valence-electron chi connectivity index (χ1n) is 9.71. The van der Waals surface area contributed by atoms with Crippen LogP contribution >= 0.6 is 11.3 Å². The second kappa shape index (κ2) is 8.67. The molecule has 4 rings (SSSR count). The predicted molar refractivity (Wildman–Crippen MR) is 111 cm³/mol. The molecule has 3 heterocycles. The molecule has 11 heteroatoms. The van der Waals surface area contributed by atoms with Crippen LogP contribution in [-0.2, 0) is 11.0 Å². The van der Waals surface area contributed by atoms with Gasteiger partial charge in [-0.1, -0.05) is 6.07 Å². The fourth-order valence-corrected chi connectivity index (χ4v) is 4.15. The lowest BCUT2D eigenvalue weighted by Gasteiger charge is -2.31. The van der Waals surface area contributed by atoms with Crippen molar-refractivity contribution in [2.45, 2.75) is 25.1 Å². The van der Waals surface area contributed by atoms with Crippen molar-refractivity contribution in [3.8, 4) is 0 Å². The number of hydrogen-bond donors (Lipinski definition) is 3. The smallest absolute Gasteiger partial charge is 0.349 e. The number of rotatable bonds is 5. The largest absolute Gasteiger partial charge is 0.449 e. The standard InChI is InChI=1S/C20H20F3N5O2S/c21-20(22,23)19-26-14-4-3-13(10-15(14)27-19)24-17(29)11-28-7-5-12(6-8-28)25-18(30)16-2-1-9-31-16/h1-4,9-10,12H,5-8,11H2,(H,24,29)(H,25,30)(H,26,27). The molecule has 31 heavy (non-hydrogen) atoms. The van der Waals surface area contributed by atoms with E-state index >= 15 is 0 Å². The Hall–Kier alpha value is -2.92. The van der Waals surface area contributed by atoms with Crippen LogP contribution in [0.5, 0.6) is 0 Å². The lowest BCUT2D eigenvalue weighted by molar-refractivity contribution is -0.144.